The Hall–Kier alpha value is -2.83. The molecule has 0 atom stereocenters. The fourth-order valence-corrected chi connectivity index (χ4v) is 2.74. The molecule has 1 heterocycles. The van der Waals surface area contributed by atoms with Gasteiger partial charge in [0.05, 0.1) is 17.9 Å². The zero-order chi connectivity index (χ0) is 19.8. The van der Waals surface area contributed by atoms with Gasteiger partial charge in [-0.1, -0.05) is 18.2 Å². The lowest BCUT2D eigenvalue weighted by Gasteiger charge is -2.14. The van der Waals surface area contributed by atoms with Gasteiger partial charge in [0.25, 0.3) is 0 Å². The van der Waals surface area contributed by atoms with Crippen molar-refractivity contribution in [2.24, 2.45) is 4.99 Å². The number of amides is 1. The fourth-order valence-electron chi connectivity index (χ4n) is 2.74. The molecule has 7 heteroatoms. The first-order valence-electron chi connectivity index (χ1n) is 9.26. The maximum atomic E-state index is 11.7. The molecule has 1 amide bonds. The maximum Gasteiger partial charge on any atom is 0.223 e. The van der Waals surface area contributed by atoms with Crippen LogP contribution in [0.4, 0.5) is 0 Å². The first kappa shape index (κ1) is 20.5. The van der Waals surface area contributed by atoms with E-state index in [1.807, 2.05) is 37.6 Å². The van der Waals surface area contributed by atoms with Crippen LogP contribution in [-0.2, 0) is 11.3 Å². The van der Waals surface area contributed by atoms with Gasteiger partial charge in [0.2, 0.25) is 5.91 Å². The summed E-state index contributed by atoms with van der Waals surface area (Å²) in [7, 11) is 3.52. The molecule has 146 valence electrons. The van der Waals surface area contributed by atoms with Crippen LogP contribution in [0.5, 0.6) is 0 Å². The molecule has 2 rings (SSSR count). The number of aryl methyl sites for hydroxylation is 2. The lowest BCUT2D eigenvalue weighted by atomic mass is 10.2. The van der Waals surface area contributed by atoms with Crippen LogP contribution in [0.25, 0.3) is 5.69 Å². The Labute approximate surface area is 161 Å². The van der Waals surface area contributed by atoms with E-state index in [0.717, 1.165) is 29.2 Å². The van der Waals surface area contributed by atoms with Crippen molar-refractivity contribution in [1.82, 2.24) is 25.3 Å². The number of hydrogen-bond acceptors (Lipinski definition) is 3. The summed E-state index contributed by atoms with van der Waals surface area (Å²) in [6.45, 7) is 7.88. The van der Waals surface area contributed by atoms with Crippen LogP contribution in [-0.4, -0.2) is 53.7 Å². The first-order chi connectivity index (χ1) is 12.9. The average Bonchev–Trinajstić information content (AvgIpc) is 2.97. The molecule has 2 aromatic rings. The number of rotatable bonds is 7. The minimum Gasteiger partial charge on any atom is -0.357 e. The van der Waals surface area contributed by atoms with Crippen LogP contribution in [0.1, 0.15) is 30.3 Å². The van der Waals surface area contributed by atoms with Crippen LogP contribution >= 0.6 is 0 Å². The van der Waals surface area contributed by atoms with Gasteiger partial charge in [0.15, 0.2) is 5.96 Å². The minimum absolute atomic E-state index is 0.0909. The molecular weight excluding hydrogens is 340 g/mol. The highest BCUT2D eigenvalue weighted by molar-refractivity contribution is 5.81. The zero-order valence-corrected chi connectivity index (χ0v) is 16.9. The number of guanidine groups is 1. The fraction of sp³-hybridized carbons (Fsp3) is 0.450. The van der Waals surface area contributed by atoms with Crippen LogP contribution in [0, 0.1) is 13.8 Å². The second-order valence-electron chi connectivity index (χ2n) is 6.63. The molecule has 0 fully saturated rings. The van der Waals surface area contributed by atoms with Gasteiger partial charge in [0, 0.05) is 39.3 Å². The van der Waals surface area contributed by atoms with Crippen molar-refractivity contribution in [2.45, 2.75) is 33.7 Å². The number of aromatic nitrogens is 2. The highest BCUT2D eigenvalue weighted by Gasteiger charge is 2.09. The summed E-state index contributed by atoms with van der Waals surface area (Å²) in [6.07, 6.45) is 0.430. The summed E-state index contributed by atoms with van der Waals surface area (Å²) in [5.41, 5.74) is 4.21. The van der Waals surface area contributed by atoms with Crippen molar-refractivity contribution < 1.29 is 4.79 Å². The molecule has 0 saturated heterocycles. The quantitative estimate of drug-likeness (QED) is 0.578. The molecule has 0 spiro atoms. The standard InChI is InChI=1S/C20H30N6O/c1-6-21-20(22-12-11-19(27)25(4)5)23-14-17-9-7-8-10-18(17)26-16(3)13-15(2)24-26/h7-10,13H,6,11-12,14H2,1-5H3,(H2,21,22,23). The molecule has 0 unspecified atom stereocenters. The number of aliphatic imine (C=N–C) groups is 1. The molecule has 1 aromatic carbocycles. The number of para-hydroxylation sites is 1. The zero-order valence-electron chi connectivity index (χ0n) is 16.9. The van der Waals surface area contributed by atoms with E-state index in [0.29, 0.717) is 25.5 Å². The Bertz CT molecular complexity index is 794. The van der Waals surface area contributed by atoms with Crippen molar-refractivity contribution in [3.05, 3.63) is 47.3 Å². The second kappa shape index (κ2) is 9.75. The summed E-state index contributed by atoms with van der Waals surface area (Å²) >= 11 is 0. The largest absolute Gasteiger partial charge is 0.357 e. The van der Waals surface area contributed by atoms with E-state index in [2.05, 4.69) is 38.9 Å². The molecule has 27 heavy (non-hydrogen) atoms. The van der Waals surface area contributed by atoms with Gasteiger partial charge in [0.1, 0.15) is 0 Å². The van der Waals surface area contributed by atoms with Crippen molar-refractivity contribution in [2.75, 3.05) is 27.2 Å². The summed E-state index contributed by atoms with van der Waals surface area (Å²) < 4.78 is 1.95. The minimum atomic E-state index is 0.0909. The molecule has 0 aliphatic heterocycles. The van der Waals surface area contributed by atoms with Gasteiger partial charge in [-0.2, -0.15) is 5.10 Å². The van der Waals surface area contributed by atoms with Crippen molar-refractivity contribution >= 4 is 11.9 Å². The summed E-state index contributed by atoms with van der Waals surface area (Å²) in [5.74, 6) is 0.792. The Morgan fingerprint density at radius 2 is 1.96 bits per heavy atom. The van der Waals surface area contributed by atoms with Crippen molar-refractivity contribution in [1.29, 1.82) is 0 Å². The third-order valence-electron chi connectivity index (χ3n) is 4.11. The number of nitrogens with zero attached hydrogens (tertiary/aromatic N) is 4. The van der Waals surface area contributed by atoms with E-state index < -0.39 is 0 Å². The van der Waals surface area contributed by atoms with Crippen molar-refractivity contribution in [3.8, 4) is 5.69 Å². The lowest BCUT2D eigenvalue weighted by molar-refractivity contribution is -0.128. The Kier molecular flexibility index (Phi) is 7.40. The van der Waals surface area contributed by atoms with Crippen molar-refractivity contribution in [3.63, 3.8) is 0 Å². The molecule has 0 radical (unpaired) electrons. The summed E-state index contributed by atoms with van der Waals surface area (Å²) in [4.78, 5) is 18.0. The van der Waals surface area contributed by atoms with Crippen LogP contribution in [0.3, 0.4) is 0 Å². The lowest BCUT2D eigenvalue weighted by Crippen LogP contribution is -2.39. The molecule has 1 aromatic heterocycles. The predicted octanol–water partition coefficient (Wildman–Crippen LogP) is 2.02. The number of benzene rings is 1. The van der Waals surface area contributed by atoms with Gasteiger partial charge in [-0.25, -0.2) is 9.67 Å². The molecule has 0 aliphatic carbocycles. The van der Waals surface area contributed by atoms with Gasteiger partial charge in [-0.15, -0.1) is 0 Å². The Morgan fingerprint density at radius 3 is 2.59 bits per heavy atom. The predicted molar refractivity (Wildman–Crippen MR) is 109 cm³/mol. The average molecular weight is 371 g/mol. The highest BCUT2D eigenvalue weighted by atomic mass is 16.2. The number of hydrogen-bond donors (Lipinski definition) is 2. The molecule has 7 nitrogen and oxygen atoms in total. The SMILES string of the molecule is CCNC(=NCc1ccccc1-n1nc(C)cc1C)NCCC(=O)N(C)C. The molecule has 2 N–H and O–H groups in total. The number of carbonyl (C=O) groups is 1. The van der Waals surface area contributed by atoms with E-state index in [1.165, 1.54) is 0 Å². The van der Waals surface area contributed by atoms with E-state index in [9.17, 15) is 4.79 Å². The van der Waals surface area contributed by atoms with Gasteiger partial charge >= 0.3 is 0 Å². The topological polar surface area (TPSA) is 74.5 Å². The van der Waals surface area contributed by atoms with Crippen LogP contribution in [0.15, 0.2) is 35.3 Å². The van der Waals surface area contributed by atoms with Crippen LogP contribution < -0.4 is 10.6 Å². The van der Waals surface area contributed by atoms with Gasteiger partial charge in [-0.3, -0.25) is 4.79 Å². The molecule has 0 saturated carbocycles. The number of carbonyl (C=O) groups excluding carboxylic acids is 1. The van der Waals surface area contributed by atoms with E-state index >= 15 is 0 Å². The molecular formula is C20H30N6O. The molecule has 0 bridgehead atoms. The van der Waals surface area contributed by atoms with Gasteiger partial charge < -0.3 is 15.5 Å². The number of nitrogens with one attached hydrogen (secondary N) is 2. The summed E-state index contributed by atoms with van der Waals surface area (Å²) in [5, 5.41) is 11.0. The maximum absolute atomic E-state index is 11.7. The summed E-state index contributed by atoms with van der Waals surface area (Å²) in [6, 6.07) is 10.2. The van der Waals surface area contributed by atoms with E-state index in [1.54, 1.807) is 19.0 Å². The third-order valence-corrected chi connectivity index (χ3v) is 4.11. The van der Waals surface area contributed by atoms with Crippen LogP contribution in [0.2, 0.25) is 0 Å². The second-order valence-corrected chi connectivity index (χ2v) is 6.63. The van der Waals surface area contributed by atoms with Gasteiger partial charge in [-0.05, 0) is 38.5 Å². The van der Waals surface area contributed by atoms with E-state index in [4.69, 9.17) is 0 Å². The first-order valence-corrected chi connectivity index (χ1v) is 9.26. The highest BCUT2D eigenvalue weighted by Crippen LogP contribution is 2.17. The molecule has 0 aliphatic rings. The Morgan fingerprint density at radius 1 is 1.22 bits per heavy atom. The third kappa shape index (κ3) is 5.84. The normalized spacial score (nSPS) is 11.4. The smallest absolute Gasteiger partial charge is 0.223 e. The monoisotopic (exact) mass is 370 g/mol. The van der Waals surface area contributed by atoms with E-state index in [-0.39, 0.29) is 5.91 Å². The Balaban J connectivity index is 2.12.